The summed E-state index contributed by atoms with van der Waals surface area (Å²) in [4.78, 5) is 47.1. The number of benzene rings is 2. The van der Waals surface area contributed by atoms with E-state index >= 15 is 0 Å². The Labute approximate surface area is 320 Å². The number of aliphatic imine (C=N–C) groups is 1. The first kappa shape index (κ1) is 31.1. The van der Waals surface area contributed by atoms with Crippen LogP contribution in [0.25, 0.3) is 56.1 Å². The average molecular weight is 749 g/mol. The van der Waals surface area contributed by atoms with Crippen molar-refractivity contribution in [1.82, 2.24) is 72.1 Å². The molecule has 18 nitrogen and oxygen atoms in total. The number of aromatic nitrogens is 15. The number of nitrogens with zero attached hydrogens (tertiary/aromatic N) is 16. The van der Waals surface area contributed by atoms with E-state index in [4.69, 9.17) is 19.9 Å². The van der Waals surface area contributed by atoms with Gasteiger partial charge < -0.3 is 28.9 Å². The van der Waals surface area contributed by atoms with Gasteiger partial charge in [-0.2, -0.15) is 4.98 Å². The fourth-order valence-corrected chi connectivity index (χ4v) is 7.86. The molecule has 18 heteroatoms. The van der Waals surface area contributed by atoms with E-state index in [2.05, 4.69) is 70.9 Å². The van der Waals surface area contributed by atoms with Gasteiger partial charge in [-0.15, -0.1) is 0 Å². The van der Waals surface area contributed by atoms with Crippen molar-refractivity contribution in [1.29, 1.82) is 0 Å². The van der Waals surface area contributed by atoms with Gasteiger partial charge in [0.1, 0.15) is 12.7 Å². The van der Waals surface area contributed by atoms with Crippen molar-refractivity contribution in [3.63, 3.8) is 0 Å². The van der Waals surface area contributed by atoms with Crippen molar-refractivity contribution in [2.24, 2.45) is 19.1 Å². The molecule has 0 bridgehead atoms. The fraction of sp³-hybridized carbons (Fsp3) is 0.0769. The van der Waals surface area contributed by atoms with E-state index in [1.165, 1.54) is 6.33 Å². The second-order valence-corrected chi connectivity index (χ2v) is 13.8. The lowest BCUT2D eigenvalue weighted by Crippen LogP contribution is -2.12. The van der Waals surface area contributed by atoms with Crippen LogP contribution < -0.4 is 10.6 Å². The van der Waals surface area contributed by atoms with Gasteiger partial charge in [0, 0.05) is 91.9 Å². The van der Waals surface area contributed by atoms with Gasteiger partial charge in [0.15, 0.2) is 5.82 Å². The molecule has 0 aliphatic carbocycles. The van der Waals surface area contributed by atoms with Crippen LogP contribution in [0, 0.1) is 0 Å². The summed E-state index contributed by atoms with van der Waals surface area (Å²) in [6, 6.07) is 12.4. The fourth-order valence-electron chi connectivity index (χ4n) is 7.86. The van der Waals surface area contributed by atoms with E-state index in [-0.39, 0.29) is 5.92 Å². The minimum atomic E-state index is -0.315. The Hall–Kier alpha value is -8.28. The molecule has 8 aromatic heterocycles. The van der Waals surface area contributed by atoms with E-state index in [9.17, 15) is 0 Å². The molecule has 3 aromatic carbocycles. The molecule has 0 saturated heterocycles. The van der Waals surface area contributed by atoms with Gasteiger partial charge in [0.25, 0.3) is 0 Å². The number of hydrogen-bond acceptors (Lipinski definition) is 12. The normalized spacial score (nSPS) is 13.9. The van der Waals surface area contributed by atoms with Gasteiger partial charge in [-0.25, -0.2) is 44.3 Å². The standard InChI is InChI=1S/C39H28N18/c1-52-9-7-42-36(52)48-28-14-22(54-11-5-40-19-54)13-27-31(28)26(17-44-27)32-24-3-4-25-33(24)57-38(50-32)45-18-46-39(57)51-35(25)56-21-47-29-15-23(55-12-6-41-20-55)16-30(34(29)56)49-37-43-8-10-53(37)2/h3-21,26H,1-2H3,(H,42,48)(H,43,49). The highest BCUT2D eigenvalue weighted by molar-refractivity contribution is 6.07. The van der Waals surface area contributed by atoms with Crippen LogP contribution in [-0.2, 0) is 14.1 Å². The summed E-state index contributed by atoms with van der Waals surface area (Å²) in [7, 11) is 3.90. The molecule has 1 unspecified atom stereocenters. The Balaban J connectivity index is 1.06. The summed E-state index contributed by atoms with van der Waals surface area (Å²) in [6.45, 7) is 0. The Morgan fingerprint density at radius 2 is 1.32 bits per heavy atom. The molecule has 0 saturated carbocycles. The second-order valence-electron chi connectivity index (χ2n) is 13.8. The highest BCUT2D eigenvalue weighted by atomic mass is 15.2. The molecule has 0 fully saturated rings. The number of imidazole rings is 5. The Kier molecular flexibility index (Phi) is 6.34. The van der Waals surface area contributed by atoms with Crippen molar-refractivity contribution in [3.05, 3.63) is 123 Å². The zero-order chi connectivity index (χ0) is 37.8. The average Bonchev–Trinajstić information content (AvgIpc) is 4.08. The van der Waals surface area contributed by atoms with Gasteiger partial charge in [-0.05, 0) is 30.3 Å². The van der Waals surface area contributed by atoms with Crippen LogP contribution in [0.15, 0.2) is 116 Å². The third-order valence-electron chi connectivity index (χ3n) is 10.5. The number of hydrogen-bond donors (Lipinski definition) is 2. The molecule has 0 radical (unpaired) electrons. The summed E-state index contributed by atoms with van der Waals surface area (Å²) in [5, 5.41) is 8.93. The summed E-state index contributed by atoms with van der Waals surface area (Å²) in [6.07, 6.45) is 23.4. The molecule has 12 rings (SSSR count). The van der Waals surface area contributed by atoms with Crippen molar-refractivity contribution < 1.29 is 0 Å². The monoisotopic (exact) mass is 748 g/mol. The van der Waals surface area contributed by atoms with Gasteiger partial charge >= 0.3 is 0 Å². The number of rotatable bonds is 8. The Morgan fingerprint density at radius 3 is 2.02 bits per heavy atom. The van der Waals surface area contributed by atoms with Crippen LogP contribution in [0.2, 0.25) is 0 Å². The summed E-state index contributed by atoms with van der Waals surface area (Å²) in [5.74, 6) is 2.65. The van der Waals surface area contributed by atoms with Crippen LogP contribution in [0.5, 0.6) is 0 Å². The van der Waals surface area contributed by atoms with Crippen LogP contribution in [0.1, 0.15) is 17.2 Å². The number of fused-ring (bicyclic) bond motifs is 2. The van der Waals surface area contributed by atoms with Crippen molar-refractivity contribution in [2.45, 2.75) is 5.92 Å². The van der Waals surface area contributed by atoms with Gasteiger partial charge in [0.05, 0.1) is 63.6 Å². The van der Waals surface area contributed by atoms with E-state index in [1.54, 1.807) is 43.8 Å². The maximum absolute atomic E-state index is 5.20. The van der Waals surface area contributed by atoms with Gasteiger partial charge in [0.2, 0.25) is 23.5 Å². The first-order valence-electron chi connectivity index (χ1n) is 18.0. The van der Waals surface area contributed by atoms with Crippen molar-refractivity contribution in [3.8, 4) is 17.2 Å². The van der Waals surface area contributed by atoms with Crippen LogP contribution in [-0.4, -0.2) is 78.3 Å². The number of aryl methyl sites for hydroxylation is 2. The first-order chi connectivity index (χ1) is 28.1. The SMILES string of the molecule is Cn1ccnc1Nc1cc(-n2ccnc2)cc2c1C(c1nc3ncnc4nc(-n5cnc6cc(-n7ccnc7)cc(Nc7nccn7C)c65)c5ccc1c5n34)C=N2. The molecule has 0 spiro atoms. The van der Waals surface area contributed by atoms with Crippen molar-refractivity contribution in [2.75, 3.05) is 10.6 Å². The highest BCUT2D eigenvalue weighted by Crippen LogP contribution is 2.46. The molecule has 1 atom stereocenters. The first-order valence-corrected chi connectivity index (χ1v) is 18.0. The largest absolute Gasteiger partial charge is 0.325 e. The van der Waals surface area contributed by atoms with E-state index in [0.717, 1.165) is 67.0 Å². The zero-order valence-electron chi connectivity index (χ0n) is 30.2. The predicted molar refractivity (Wildman–Crippen MR) is 213 cm³/mol. The van der Waals surface area contributed by atoms with E-state index < -0.39 is 0 Å². The summed E-state index contributed by atoms with van der Waals surface area (Å²) in [5.41, 5.74) is 8.52. The molecule has 9 heterocycles. The lowest BCUT2D eigenvalue weighted by atomic mass is 9.93. The lowest BCUT2D eigenvalue weighted by molar-refractivity contribution is 0.921. The minimum Gasteiger partial charge on any atom is -0.325 e. The maximum Gasteiger partial charge on any atom is 0.240 e. The van der Waals surface area contributed by atoms with Crippen molar-refractivity contribution >= 4 is 74.1 Å². The molecule has 11 aromatic rings. The lowest BCUT2D eigenvalue weighted by Gasteiger charge is -2.19. The quantitative estimate of drug-likeness (QED) is 0.192. The van der Waals surface area contributed by atoms with Crippen LogP contribution in [0.3, 0.4) is 0 Å². The molecule has 0 amide bonds. The zero-order valence-corrected chi connectivity index (χ0v) is 30.2. The van der Waals surface area contributed by atoms with Gasteiger partial charge in [-0.3, -0.25) is 9.56 Å². The smallest absolute Gasteiger partial charge is 0.240 e. The molecule has 1 aliphatic heterocycles. The Bertz CT molecular complexity index is 3340. The van der Waals surface area contributed by atoms with Crippen LogP contribution in [0.4, 0.5) is 29.0 Å². The predicted octanol–water partition coefficient (Wildman–Crippen LogP) is 5.78. The van der Waals surface area contributed by atoms with E-state index in [0.29, 0.717) is 29.3 Å². The molecule has 1 aliphatic rings. The van der Waals surface area contributed by atoms with E-state index in [1.807, 2.05) is 78.4 Å². The molecular formula is C39H28N18. The maximum atomic E-state index is 5.20. The molecular weight excluding hydrogens is 721 g/mol. The molecule has 57 heavy (non-hydrogen) atoms. The van der Waals surface area contributed by atoms with Crippen LogP contribution >= 0.6 is 0 Å². The Morgan fingerprint density at radius 1 is 0.632 bits per heavy atom. The highest BCUT2D eigenvalue weighted by Gasteiger charge is 2.31. The third-order valence-corrected chi connectivity index (χ3v) is 10.5. The summed E-state index contributed by atoms with van der Waals surface area (Å²) < 4.78 is 11.7. The topological polar surface area (TPSA) is 181 Å². The minimum absolute atomic E-state index is 0.315. The second kappa shape index (κ2) is 11.6. The molecule has 2 N–H and O–H groups in total. The van der Waals surface area contributed by atoms with Gasteiger partial charge in [-0.1, -0.05) is 6.07 Å². The molecule has 274 valence electrons. The third kappa shape index (κ3) is 4.63. The summed E-state index contributed by atoms with van der Waals surface area (Å²) >= 11 is 0. The number of anilines is 4. The number of nitrogens with one attached hydrogen (secondary N) is 2.